The summed E-state index contributed by atoms with van der Waals surface area (Å²) in [6.07, 6.45) is 0. The maximum absolute atomic E-state index is 10.4. The topological polar surface area (TPSA) is 57.5 Å². The zero-order valence-corrected chi connectivity index (χ0v) is 6.38. The zero-order valence-electron chi connectivity index (χ0n) is 5.48. The number of carboxylic acid groups (broad SMARTS) is 1. The first-order valence-corrected chi connectivity index (χ1v) is 3.31. The van der Waals surface area contributed by atoms with Gasteiger partial charge in [-0.25, -0.2) is 4.79 Å². The van der Waals surface area contributed by atoms with Crippen LogP contribution in [-0.4, -0.2) is 16.2 Å². The molecule has 58 valence electrons. The van der Waals surface area contributed by atoms with Gasteiger partial charge >= 0.3 is 5.97 Å². The largest absolute Gasteiger partial charge is 0.507 e. The number of hydrogen-bond donors (Lipinski definition) is 3. The van der Waals surface area contributed by atoms with Crippen LogP contribution in [0, 0.1) is 0 Å². The van der Waals surface area contributed by atoms with E-state index in [0.29, 0.717) is 4.90 Å². The summed E-state index contributed by atoms with van der Waals surface area (Å²) in [6.45, 7) is 0. The predicted octanol–water partition coefficient (Wildman–Crippen LogP) is 1.38. The van der Waals surface area contributed by atoms with Crippen molar-refractivity contribution in [3.63, 3.8) is 0 Å². The molecule has 0 unspecified atom stereocenters. The second-order valence-electron chi connectivity index (χ2n) is 2.01. The highest BCUT2D eigenvalue weighted by Gasteiger charge is 2.08. The van der Waals surface area contributed by atoms with Gasteiger partial charge in [0.25, 0.3) is 0 Å². The van der Waals surface area contributed by atoms with Gasteiger partial charge in [0.1, 0.15) is 11.3 Å². The average Bonchev–Trinajstić information content (AvgIpc) is 1.94. The monoisotopic (exact) mass is 170 g/mol. The van der Waals surface area contributed by atoms with Crippen LogP contribution in [0.25, 0.3) is 0 Å². The molecular formula is C7H6O3S. The molecule has 0 spiro atoms. The van der Waals surface area contributed by atoms with E-state index >= 15 is 0 Å². The molecule has 11 heavy (non-hydrogen) atoms. The molecule has 0 atom stereocenters. The Kier molecular flexibility index (Phi) is 2.05. The van der Waals surface area contributed by atoms with Crippen molar-refractivity contribution in [2.75, 3.05) is 0 Å². The third-order valence-corrected chi connectivity index (χ3v) is 1.49. The van der Waals surface area contributed by atoms with E-state index in [-0.39, 0.29) is 11.3 Å². The summed E-state index contributed by atoms with van der Waals surface area (Å²) < 4.78 is 0. The lowest BCUT2D eigenvalue weighted by Crippen LogP contribution is -1.95. The summed E-state index contributed by atoms with van der Waals surface area (Å²) >= 11 is 3.92. The minimum Gasteiger partial charge on any atom is -0.507 e. The Morgan fingerprint density at radius 2 is 2.09 bits per heavy atom. The lowest BCUT2D eigenvalue weighted by Gasteiger charge is -1.98. The number of carbonyl (C=O) groups is 1. The molecule has 0 aliphatic rings. The number of aromatic carboxylic acids is 1. The fourth-order valence-electron chi connectivity index (χ4n) is 0.695. The molecule has 1 aromatic rings. The highest BCUT2D eigenvalue weighted by molar-refractivity contribution is 7.80. The van der Waals surface area contributed by atoms with Crippen LogP contribution in [0.4, 0.5) is 0 Å². The Morgan fingerprint density at radius 3 is 2.55 bits per heavy atom. The first-order valence-electron chi connectivity index (χ1n) is 2.86. The summed E-state index contributed by atoms with van der Waals surface area (Å²) in [4.78, 5) is 10.9. The molecule has 0 aliphatic heterocycles. The maximum Gasteiger partial charge on any atom is 0.339 e. The quantitative estimate of drug-likeness (QED) is 0.558. The highest BCUT2D eigenvalue weighted by atomic mass is 32.1. The second-order valence-corrected chi connectivity index (χ2v) is 2.52. The van der Waals surface area contributed by atoms with Gasteiger partial charge in [0.05, 0.1) is 0 Å². The van der Waals surface area contributed by atoms with Crippen molar-refractivity contribution in [3.05, 3.63) is 23.8 Å². The van der Waals surface area contributed by atoms with E-state index in [1.165, 1.54) is 18.2 Å². The van der Waals surface area contributed by atoms with Crippen LogP contribution in [0.15, 0.2) is 23.1 Å². The number of phenols is 1. The summed E-state index contributed by atoms with van der Waals surface area (Å²) in [7, 11) is 0. The number of carboxylic acids is 1. The number of hydrogen-bond acceptors (Lipinski definition) is 3. The van der Waals surface area contributed by atoms with E-state index < -0.39 is 5.97 Å². The maximum atomic E-state index is 10.4. The average molecular weight is 170 g/mol. The second kappa shape index (κ2) is 2.84. The standard InChI is InChI=1S/C7H6O3S/c8-6-2-1-4(11)3-5(6)7(9)10/h1-3,8,11H,(H,9,10). The van der Waals surface area contributed by atoms with Gasteiger partial charge in [0.15, 0.2) is 0 Å². The highest BCUT2D eigenvalue weighted by Crippen LogP contribution is 2.19. The Morgan fingerprint density at radius 1 is 1.45 bits per heavy atom. The van der Waals surface area contributed by atoms with E-state index in [2.05, 4.69) is 12.6 Å². The van der Waals surface area contributed by atoms with E-state index in [1.807, 2.05) is 0 Å². The van der Waals surface area contributed by atoms with Gasteiger partial charge in [-0.05, 0) is 18.2 Å². The molecule has 0 heterocycles. The molecule has 0 saturated heterocycles. The molecule has 4 heteroatoms. The van der Waals surface area contributed by atoms with Crippen molar-refractivity contribution in [1.82, 2.24) is 0 Å². The third-order valence-electron chi connectivity index (χ3n) is 1.21. The Balaban J connectivity index is 3.23. The van der Waals surface area contributed by atoms with Gasteiger partial charge < -0.3 is 10.2 Å². The molecular weight excluding hydrogens is 164 g/mol. The van der Waals surface area contributed by atoms with Crippen molar-refractivity contribution in [2.45, 2.75) is 4.90 Å². The molecule has 0 aromatic heterocycles. The summed E-state index contributed by atoms with van der Waals surface area (Å²) in [6, 6.07) is 4.11. The van der Waals surface area contributed by atoms with Crippen molar-refractivity contribution in [3.8, 4) is 5.75 Å². The van der Waals surface area contributed by atoms with Crippen LogP contribution >= 0.6 is 12.6 Å². The molecule has 3 nitrogen and oxygen atoms in total. The Bertz CT molecular complexity index is 296. The predicted molar refractivity (Wildman–Crippen MR) is 42.3 cm³/mol. The van der Waals surface area contributed by atoms with Crippen LogP contribution in [0.1, 0.15) is 10.4 Å². The molecule has 1 rings (SSSR count). The SMILES string of the molecule is O=C(O)c1cc(S)ccc1O. The third kappa shape index (κ3) is 1.65. The molecule has 0 aliphatic carbocycles. The Hall–Kier alpha value is -1.16. The summed E-state index contributed by atoms with van der Waals surface area (Å²) in [5.41, 5.74) is -0.127. The normalized spacial score (nSPS) is 9.55. The minimum atomic E-state index is -1.15. The first-order chi connectivity index (χ1) is 5.11. The van der Waals surface area contributed by atoms with Crippen LogP contribution < -0.4 is 0 Å². The van der Waals surface area contributed by atoms with E-state index in [9.17, 15) is 4.79 Å². The molecule has 0 fully saturated rings. The van der Waals surface area contributed by atoms with Gasteiger partial charge in [0.2, 0.25) is 0 Å². The molecule has 1 aromatic carbocycles. The lowest BCUT2D eigenvalue weighted by atomic mass is 10.2. The van der Waals surface area contributed by atoms with Gasteiger partial charge in [-0.15, -0.1) is 12.6 Å². The van der Waals surface area contributed by atoms with Crippen molar-refractivity contribution in [2.24, 2.45) is 0 Å². The van der Waals surface area contributed by atoms with Crippen LogP contribution in [0.5, 0.6) is 5.75 Å². The molecule has 0 saturated carbocycles. The summed E-state index contributed by atoms with van der Waals surface area (Å²) in [5, 5.41) is 17.5. The molecule has 0 bridgehead atoms. The molecule has 0 amide bonds. The van der Waals surface area contributed by atoms with Gasteiger partial charge in [-0.3, -0.25) is 0 Å². The van der Waals surface area contributed by atoms with Crippen molar-refractivity contribution < 1.29 is 15.0 Å². The number of aromatic hydroxyl groups is 1. The summed E-state index contributed by atoms with van der Waals surface area (Å²) in [5.74, 6) is -1.39. The first kappa shape index (κ1) is 7.94. The molecule has 2 N–H and O–H groups in total. The van der Waals surface area contributed by atoms with Crippen LogP contribution in [-0.2, 0) is 0 Å². The van der Waals surface area contributed by atoms with Crippen molar-refractivity contribution >= 4 is 18.6 Å². The van der Waals surface area contributed by atoms with E-state index in [4.69, 9.17) is 10.2 Å². The molecule has 0 radical (unpaired) electrons. The van der Waals surface area contributed by atoms with Gasteiger partial charge in [-0.1, -0.05) is 0 Å². The zero-order chi connectivity index (χ0) is 8.43. The van der Waals surface area contributed by atoms with Crippen LogP contribution in [0.3, 0.4) is 0 Å². The van der Waals surface area contributed by atoms with Gasteiger partial charge in [0, 0.05) is 4.90 Å². The fraction of sp³-hybridized carbons (Fsp3) is 0. The fourth-order valence-corrected chi connectivity index (χ4v) is 0.899. The number of thiol groups is 1. The van der Waals surface area contributed by atoms with Crippen LogP contribution in [0.2, 0.25) is 0 Å². The van der Waals surface area contributed by atoms with E-state index in [1.54, 1.807) is 0 Å². The number of benzene rings is 1. The Labute approximate surface area is 68.7 Å². The van der Waals surface area contributed by atoms with E-state index in [0.717, 1.165) is 0 Å². The lowest BCUT2D eigenvalue weighted by molar-refractivity contribution is 0.0693. The number of rotatable bonds is 1. The minimum absolute atomic E-state index is 0.127. The van der Waals surface area contributed by atoms with Crippen molar-refractivity contribution in [1.29, 1.82) is 0 Å². The van der Waals surface area contributed by atoms with Gasteiger partial charge in [-0.2, -0.15) is 0 Å². The smallest absolute Gasteiger partial charge is 0.339 e.